The smallest absolute Gasteiger partial charge is 0.293 e. The van der Waals surface area contributed by atoms with E-state index in [-0.39, 0.29) is 36.7 Å². The van der Waals surface area contributed by atoms with E-state index in [0.29, 0.717) is 75.9 Å². The van der Waals surface area contributed by atoms with Gasteiger partial charge in [-0.3, -0.25) is 0 Å². The van der Waals surface area contributed by atoms with Crippen LogP contribution in [0.3, 0.4) is 0 Å². The van der Waals surface area contributed by atoms with Crippen molar-refractivity contribution in [1.82, 2.24) is 0 Å². The molecule has 710 valence electrons. The molecule has 0 aromatic heterocycles. The van der Waals surface area contributed by atoms with Gasteiger partial charge in [0.2, 0.25) is 5.72 Å². The molecule has 17 rings (SSSR count). The standard InChI is InChI=1S/C49H44O5.C26H22.C22H22O4.C20H18O3.4CH4O.CH4/c1-32-5-7-33(8-6-32)47(2,34-9-19-42(50)20-10-34)39-29-40(48(3,35-11-21-43(51)22-12-35)36-13-23-44(52)24-14-36)31-41(30-39)49(4,37-15-25-45(53)26-16-37)38-17-27-46(54)28-18-38;1-5-13-21(14-6-1)25(22-15-7-2-8-16-22)26(23-17-9-3-10-18-23)24-19-11-4-12-20-24;1-13-3-4-15(20(24)9-13)10-17-7-14(2)8-18(22(17)26)11-16-5-6-19(23)12-21(16)25;1-13-2-3-16(12-19(13)23)20(14-4-8-17(21)9-5-14)15-6-10-18(22)11-7-15;4*1-2;/h5-31,50-54H,1-4H3;1-20,25-26H;3-9,12,23-26H,10-11H2,1-2H3;2-12,20-23H,1H3;4*2H,1H3;1H4/i;;;;4*2D;/hD12. The summed E-state index contributed by atoms with van der Waals surface area (Å²) in [5.41, 5.74) is 21.7. The molecule has 0 radical (unpaired) electrons. The SMILES string of the molecule is C.[2H]OC.[2H]OC.[2H]OC.[2H]OC.[2H]Oc1ccc(C(C)(c2ccc(C)cc2)c2cc(C(C)(c3ccc(O[2H])cc3)c3ccc(O[2H])cc3)cc(C(C)(c3ccc(O[2H])cc3)c3ccc(O[2H])cc3)c2)cc1.[2H]Oc1ccc(C(c2ccc(O[2H])cc2)c2ccc(C)c(O[2H])c2)cc1.[2H]Oc1ccc(Cc2cc(C)cc(Cc3ccc(C)cc3O[2H])c2O[2H])c(O[2H])c1.c1ccc(C(c2ccccc2)C(c2ccccc2)c2ccccc2)cc1. The molecule has 16 heteroatoms. The van der Waals surface area contributed by atoms with Gasteiger partial charge in [0.1, 0.15) is 69.0 Å². The molecule has 0 aliphatic rings. The summed E-state index contributed by atoms with van der Waals surface area (Å²) in [5.74, 6) is 5.31. The maximum atomic E-state index is 7.64. The Bertz CT molecular complexity index is 6570. The van der Waals surface area contributed by atoms with E-state index in [1.54, 1.807) is 91.0 Å². The van der Waals surface area contributed by atoms with Crippen molar-refractivity contribution in [3.05, 3.63) is 534 Å². The zero-order valence-electron chi connectivity index (χ0n) is 94.3. The summed E-state index contributed by atoms with van der Waals surface area (Å²) in [6, 6.07) is 131. The molecule has 0 bridgehead atoms. The molecule has 138 heavy (non-hydrogen) atoms. The minimum atomic E-state index is -0.824. The van der Waals surface area contributed by atoms with Gasteiger partial charge in [0.25, 0.3) is 17.2 Å². The van der Waals surface area contributed by atoms with Crippen molar-refractivity contribution in [2.24, 2.45) is 0 Å². The Balaban J connectivity index is 0.000000233. The molecule has 16 N–H and O–H groups in total. The summed E-state index contributed by atoms with van der Waals surface area (Å²) >= 11 is 0. The second-order valence-corrected chi connectivity index (χ2v) is 33.5. The average Bonchev–Trinajstić information content (AvgIpc) is 0.719. The van der Waals surface area contributed by atoms with Gasteiger partial charge >= 0.3 is 0 Å². The average molecular weight is 1860 g/mol. The minimum Gasteiger partial charge on any atom is -0.508 e. The Morgan fingerprint density at radius 3 is 0.783 bits per heavy atom. The first-order valence-corrected chi connectivity index (χ1v) is 44.4. The van der Waals surface area contributed by atoms with Gasteiger partial charge in [-0.2, -0.15) is 0 Å². The van der Waals surface area contributed by atoms with Crippen molar-refractivity contribution in [2.45, 2.75) is 103 Å². The number of aliphatic hydroxyl groups excluding tert-OH is 4. The largest absolute Gasteiger partial charge is 0.508 e. The van der Waals surface area contributed by atoms with Crippen LogP contribution in [0.4, 0.5) is 0 Å². The monoisotopic (exact) mass is 1860 g/mol. The van der Waals surface area contributed by atoms with E-state index in [1.807, 2.05) is 160 Å². The summed E-state index contributed by atoms with van der Waals surface area (Å²) in [6.45, 7) is 14.4. The van der Waals surface area contributed by atoms with E-state index < -0.39 is 16.2 Å². The van der Waals surface area contributed by atoms with Crippen LogP contribution in [0.2, 0.25) is 0 Å². The summed E-state index contributed by atoms with van der Waals surface area (Å²) in [7, 11) is 5.17. The first-order valence-electron chi connectivity index (χ1n) is 50.9. The molecule has 0 saturated heterocycles. The van der Waals surface area contributed by atoms with Gasteiger partial charge in [-0.15, -0.1) is 0 Å². The van der Waals surface area contributed by atoms with E-state index in [0.717, 1.165) is 106 Å². The van der Waals surface area contributed by atoms with Gasteiger partial charge in [0.05, 0.1) is 0 Å². The highest BCUT2D eigenvalue weighted by atomic mass is 16.3. The lowest BCUT2D eigenvalue weighted by Gasteiger charge is -2.39. The van der Waals surface area contributed by atoms with E-state index in [2.05, 4.69) is 227 Å². The van der Waals surface area contributed by atoms with Crippen LogP contribution < -0.4 is 0 Å². The Labute approximate surface area is 834 Å². The minimum absolute atomic E-state index is 0. The zero-order valence-corrected chi connectivity index (χ0v) is 78.3. The predicted molar refractivity (Wildman–Crippen MR) is 555 cm³/mol. The van der Waals surface area contributed by atoms with Gasteiger partial charge in [-0.05, 0) is 274 Å². The maximum Gasteiger partial charge on any atom is 0.293 e. The summed E-state index contributed by atoms with van der Waals surface area (Å²) in [5, 5.41) is 71.0. The van der Waals surface area contributed by atoms with Gasteiger partial charge in [-0.25, -0.2) is 0 Å². The number of benzene rings is 17. The van der Waals surface area contributed by atoms with Crippen LogP contribution in [0, 0.1) is 27.7 Å². The van der Waals surface area contributed by atoms with E-state index in [1.165, 1.54) is 56.8 Å². The van der Waals surface area contributed by atoms with Crippen molar-refractivity contribution >= 4 is 0 Å². The third kappa shape index (κ3) is 25.8. The summed E-state index contributed by atoms with van der Waals surface area (Å²) < 4.78 is 111. The molecule has 1 atom stereocenters. The van der Waals surface area contributed by atoms with Crippen LogP contribution in [-0.4, -0.2) is 133 Å². The Morgan fingerprint density at radius 2 is 0.486 bits per heavy atom. The quantitative estimate of drug-likeness (QED) is 0.0170. The van der Waals surface area contributed by atoms with Crippen molar-refractivity contribution < 1.29 is 81.7 Å². The highest BCUT2D eigenvalue weighted by Crippen LogP contribution is 2.51. The third-order valence-electron chi connectivity index (χ3n) is 24.8. The molecule has 1 unspecified atom stereocenters. The first kappa shape index (κ1) is 84.0. The lowest BCUT2D eigenvalue weighted by molar-refractivity contribution is 0.399. The van der Waals surface area contributed by atoms with Gasteiger partial charge in [0.15, 0.2) is 0 Å². The highest BCUT2D eigenvalue weighted by Gasteiger charge is 2.41. The van der Waals surface area contributed by atoms with Crippen LogP contribution in [0.5, 0.6) is 69.0 Å². The number of aryl methyl sites for hydroxylation is 4. The zero-order chi connectivity index (χ0) is 110. The fourth-order valence-electron chi connectivity index (χ4n) is 17.4. The van der Waals surface area contributed by atoms with Crippen molar-refractivity contribution in [1.29, 1.82) is 22.9 Å². The van der Waals surface area contributed by atoms with Crippen LogP contribution in [0.25, 0.3) is 0 Å². The molecule has 0 aliphatic heterocycles. The Morgan fingerprint density at radius 1 is 0.217 bits per heavy atom. The molecule has 0 heterocycles. The van der Waals surface area contributed by atoms with Crippen LogP contribution in [0.1, 0.15) is 179 Å². The molecule has 17 aromatic rings. The number of hydrogen-bond acceptors (Lipinski definition) is 16. The molecular formula is C122H126O16. The number of aromatic hydroxyl groups is 12. The topological polar surface area (TPSA) is 324 Å². The summed E-state index contributed by atoms with van der Waals surface area (Å²) in [6.07, 6.45) is 0.801. The van der Waals surface area contributed by atoms with E-state index in [9.17, 15) is 0 Å². The normalized spacial score (nSPS) is 12.4. The maximum absolute atomic E-state index is 7.64. The van der Waals surface area contributed by atoms with Gasteiger partial charge < -0.3 is 81.7 Å². The van der Waals surface area contributed by atoms with Gasteiger partial charge in [0, 0.05) is 81.3 Å². The van der Waals surface area contributed by atoms with Crippen molar-refractivity contribution in [3.8, 4) is 69.0 Å². The van der Waals surface area contributed by atoms with Crippen LogP contribution >= 0.6 is 0 Å². The number of phenols is 12. The molecule has 0 amide bonds. The first-order chi connectivity index (χ1) is 74.2. The third-order valence-corrected chi connectivity index (χ3v) is 24.8. The predicted octanol–water partition coefficient (Wildman–Crippen LogP) is 24.9. The number of hydrogen-bond donors (Lipinski definition) is 16. The van der Waals surface area contributed by atoms with Gasteiger partial charge in [-0.1, -0.05) is 310 Å². The second-order valence-electron chi connectivity index (χ2n) is 33.5. The van der Waals surface area contributed by atoms with E-state index in [4.69, 9.17) is 68.9 Å². The second kappa shape index (κ2) is 50.0. The van der Waals surface area contributed by atoms with Crippen molar-refractivity contribution in [3.63, 3.8) is 0 Å². The lowest BCUT2D eigenvalue weighted by atomic mass is 9.63. The Hall–Kier alpha value is -15.8. The fourth-order valence-corrected chi connectivity index (χ4v) is 17.4. The molecule has 0 aliphatic carbocycles. The Kier molecular flexibility index (Phi) is 30.4. The highest BCUT2D eigenvalue weighted by molar-refractivity contribution is 5.63. The number of rotatable bonds is 33. The van der Waals surface area contributed by atoms with E-state index >= 15 is 0 Å². The lowest BCUT2D eigenvalue weighted by Crippen LogP contribution is -2.32. The number of phenolic OH excluding ortho intramolecular Hbond substituents is 12. The molecule has 16 nitrogen and oxygen atoms in total. The molecule has 17 aromatic carbocycles. The van der Waals surface area contributed by atoms with Crippen molar-refractivity contribution in [2.75, 3.05) is 28.4 Å². The number of aliphatic hydroxyl groups is 4. The molecule has 0 spiro atoms. The summed E-state index contributed by atoms with van der Waals surface area (Å²) in [4.78, 5) is 0. The van der Waals surface area contributed by atoms with Crippen LogP contribution in [0.15, 0.2) is 400 Å². The van der Waals surface area contributed by atoms with Crippen LogP contribution in [-0.2, 0) is 29.1 Å². The fraction of sp³-hybridized carbons (Fsp3) is 0.164. The molecule has 0 saturated carbocycles. The molecule has 0 fully saturated rings. The molecular weight excluding hydrogens is 1720 g/mol.